The molecule has 0 aliphatic heterocycles. The smallest absolute Gasteiger partial charge is 0.162 e. The summed E-state index contributed by atoms with van der Waals surface area (Å²) in [7, 11) is 0. The second-order valence-electron chi connectivity index (χ2n) is 4.78. The Bertz CT molecular complexity index is 828. The van der Waals surface area contributed by atoms with Crippen LogP contribution in [0.3, 0.4) is 0 Å². The number of allylic oxidation sites excluding steroid dienone is 1. The maximum Gasteiger partial charge on any atom is 0.162 e. The van der Waals surface area contributed by atoms with E-state index >= 15 is 0 Å². The van der Waals surface area contributed by atoms with Gasteiger partial charge in [0, 0.05) is 5.56 Å². The number of terminal acetylenes is 1. The van der Waals surface area contributed by atoms with Gasteiger partial charge in [-0.3, -0.25) is 0 Å². The van der Waals surface area contributed by atoms with Gasteiger partial charge in [0.05, 0.1) is 18.2 Å². The topological polar surface area (TPSA) is 42.2 Å². The Kier molecular flexibility index (Phi) is 6.00. The van der Waals surface area contributed by atoms with Gasteiger partial charge < -0.3 is 9.47 Å². The van der Waals surface area contributed by atoms with Crippen molar-refractivity contribution >= 4 is 11.6 Å². The molecule has 0 spiro atoms. The molecule has 0 aliphatic carbocycles. The van der Waals surface area contributed by atoms with Crippen LogP contribution in [0, 0.1) is 29.5 Å². The molecular weight excluding hydrogens is 305 g/mol. The zero-order chi connectivity index (χ0) is 17.4. The molecule has 2 aromatic carbocycles. The van der Waals surface area contributed by atoms with Crippen molar-refractivity contribution in [2.75, 3.05) is 13.2 Å². The maximum atomic E-state index is 13.9. The van der Waals surface area contributed by atoms with Crippen molar-refractivity contribution in [2.24, 2.45) is 0 Å². The molecule has 0 amide bonds. The number of rotatable bonds is 6. The van der Waals surface area contributed by atoms with Crippen LogP contribution in [0.25, 0.3) is 11.6 Å². The molecule has 0 heterocycles. The van der Waals surface area contributed by atoms with E-state index in [4.69, 9.17) is 15.9 Å². The largest absolute Gasteiger partial charge is 0.490 e. The van der Waals surface area contributed by atoms with Crippen LogP contribution in [0.4, 0.5) is 4.39 Å². The Labute approximate surface area is 141 Å². The van der Waals surface area contributed by atoms with Gasteiger partial charge in [-0.15, -0.1) is 6.42 Å². The summed E-state index contributed by atoms with van der Waals surface area (Å²) in [6.07, 6.45) is 6.80. The number of hydrogen-bond donors (Lipinski definition) is 0. The predicted octanol–water partition coefficient (Wildman–Crippen LogP) is 4.30. The Morgan fingerprint density at radius 2 is 2.00 bits per heavy atom. The number of hydrogen-bond acceptors (Lipinski definition) is 3. The second kappa shape index (κ2) is 8.41. The molecule has 0 aliphatic rings. The third-order valence-electron chi connectivity index (χ3n) is 3.17. The van der Waals surface area contributed by atoms with Crippen LogP contribution < -0.4 is 9.47 Å². The van der Waals surface area contributed by atoms with Crippen molar-refractivity contribution < 1.29 is 13.9 Å². The van der Waals surface area contributed by atoms with Crippen molar-refractivity contribution in [3.63, 3.8) is 0 Å². The summed E-state index contributed by atoms with van der Waals surface area (Å²) in [5, 5.41) is 9.35. The van der Waals surface area contributed by atoms with Crippen molar-refractivity contribution in [2.45, 2.75) is 6.92 Å². The van der Waals surface area contributed by atoms with Crippen LogP contribution in [-0.4, -0.2) is 13.2 Å². The number of halogens is 1. The van der Waals surface area contributed by atoms with Gasteiger partial charge in [0.1, 0.15) is 12.4 Å². The van der Waals surface area contributed by atoms with E-state index < -0.39 is 5.82 Å². The first-order valence-corrected chi connectivity index (χ1v) is 7.39. The molecule has 3 nitrogen and oxygen atoms in total. The molecule has 4 heteroatoms. The van der Waals surface area contributed by atoms with Crippen LogP contribution in [0.15, 0.2) is 42.5 Å². The molecule has 0 unspecified atom stereocenters. The average molecular weight is 321 g/mol. The Morgan fingerprint density at radius 1 is 1.21 bits per heavy atom. The summed E-state index contributed by atoms with van der Waals surface area (Å²) in [5.41, 5.74) is 1.18. The fourth-order valence-corrected chi connectivity index (χ4v) is 2.14. The van der Waals surface area contributed by atoms with Gasteiger partial charge in [0.15, 0.2) is 11.5 Å². The summed E-state index contributed by atoms with van der Waals surface area (Å²) >= 11 is 0. The fraction of sp³-hybridized carbons (Fsp3) is 0.150. The minimum atomic E-state index is -0.440. The lowest BCUT2D eigenvalue weighted by Crippen LogP contribution is -1.99. The number of nitriles is 1. The molecule has 0 radical (unpaired) electrons. The summed E-state index contributed by atoms with van der Waals surface area (Å²) < 4.78 is 24.8. The third-order valence-corrected chi connectivity index (χ3v) is 3.17. The molecule has 0 atom stereocenters. The predicted molar refractivity (Wildman–Crippen MR) is 91.8 cm³/mol. The SMILES string of the molecule is C#CCOc1ccc(C=C(C#N)c2ccccc2F)cc1OCC. The summed E-state index contributed by atoms with van der Waals surface area (Å²) in [6.45, 7) is 2.44. The lowest BCUT2D eigenvalue weighted by Gasteiger charge is -2.11. The van der Waals surface area contributed by atoms with Crippen molar-refractivity contribution in [3.05, 3.63) is 59.4 Å². The van der Waals surface area contributed by atoms with Crippen molar-refractivity contribution in [1.29, 1.82) is 5.26 Å². The second-order valence-corrected chi connectivity index (χ2v) is 4.78. The number of nitrogens with zero attached hydrogens (tertiary/aromatic N) is 1. The van der Waals surface area contributed by atoms with Crippen LogP contribution >= 0.6 is 0 Å². The van der Waals surface area contributed by atoms with Crippen LogP contribution in [-0.2, 0) is 0 Å². The van der Waals surface area contributed by atoms with Gasteiger partial charge in [-0.05, 0) is 36.8 Å². The molecule has 2 rings (SSSR count). The van der Waals surface area contributed by atoms with Gasteiger partial charge in [0.25, 0.3) is 0 Å². The highest BCUT2D eigenvalue weighted by atomic mass is 19.1. The molecule has 120 valence electrons. The van der Waals surface area contributed by atoms with E-state index in [9.17, 15) is 9.65 Å². The first-order chi connectivity index (χ1) is 11.7. The fourth-order valence-electron chi connectivity index (χ4n) is 2.14. The van der Waals surface area contributed by atoms with E-state index in [1.807, 2.05) is 13.0 Å². The Morgan fingerprint density at radius 3 is 2.67 bits per heavy atom. The van der Waals surface area contributed by atoms with E-state index in [-0.39, 0.29) is 17.7 Å². The standard InChI is InChI=1S/C20H16FNO2/c1-3-11-24-19-10-9-15(13-20(19)23-4-2)12-16(14-22)17-7-5-6-8-18(17)21/h1,5-10,12-13H,4,11H2,2H3. The average Bonchev–Trinajstić information content (AvgIpc) is 2.60. The quantitative estimate of drug-likeness (QED) is 0.452. The van der Waals surface area contributed by atoms with Gasteiger partial charge in [-0.25, -0.2) is 4.39 Å². The minimum Gasteiger partial charge on any atom is -0.490 e. The lowest BCUT2D eigenvalue weighted by molar-refractivity contribution is 0.299. The number of benzene rings is 2. The molecule has 0 saturated carbocycles. The van der Waals surface area contributed by atoms with E-state index in [0.29, 0.717) is 23.7 Å². The highest BCUT2D eigenvalue weighted by Crippen LogP contribution is 2.30. The molecule has 24 heavy (non-hydrogen) atoms. The van der Waals surface area contributed by atoms with Crippen LogP contribution in [0.1, 0.15) is 18.1 Å². The van der Waals surface area contributed by atoms with Crippen LogP contribution in [0.5, 0.6) is 11.5 Å². The molecule has 0 fully saturated rings. The zero-order valence-corrected chi connectivity index (χ0v) is 13.3. The molecule has 2 aromatic rings. The molecule has 0 bridgehead atoms. The van der Waals surface area contributed by atoms with Gasteiger partial charge in [-0.2, -0.15) is 5.26 Å². The van der Waals surface area contributed by atoms with E-state index in [0.717, 1.165) is 0 Å². The van der Waals surface area contributed by atoms with E-state index in [2.05, 4.69) is 5.92 Å². The minimum absolute atomic E-state index is 0.133. The first kappa shape index (κ1) is 17.1. The highest BCUT2D eigenvalue weighted by molar-refractivity contribution is 5.90. The molecule has 0 N–H and O–H groups in total. The Hall–Kier alpha value is -3.24. The van der Waals surface area contributed by atoms with Gasteiger partial charge in [0.2, 0.25) is 0 Å². The van der Waals surface area contributed by atoms with E-state index in [1.165, 1.54) is 6.07 Å². The number of ether oxygens (including phenoxy) is 2. The lowest BCUT2D eigenvalue weighted by atomic mass is 10.0. The highest BCUT2D eigenvalue weighted by Gasteiger charge is 2.09. The summed E-state index contributed by atoms with van der Waals surface area (Å²) in [4.78, 5) is 0. The molecular formula is C20H16FNO2. The van der Waals surface area contributed by atoms with E-state index in [1.54, 1.807) is 42.5 Å². The van der Waals surface area contributed by atoms with Gasteiger partial charge >= 0.3 is 0 Å². The van der Waals surface area contributed by atoms with Gasteiger partial charge in [-0.1, -0.05) is 30.2 Å². The summed E-state index contributed by atoms with van der Waals surface area (Å²) in [5.74, 6) is 3.00. The van der Waals surface area contributed by atoms with Crippen molar-refractivity contribution in [1.82, 2.24) is 0 Å². The molecule has 0 saturated heterocycles. The maximum absolute atomic E-state index is 13.9. The Balaban J connectivity index is 2.41. The third kappa shape index (κ3) is 4.15. The molecule has 0 aromatic heterocycles. The first-order valence-electron chi connectivity index (χ1n) is 7.39. The normalized spacial score (nSPS) is 10.6. The van der Waals surface area contributed by atoms with Crippen LogP contribution in [0.2, 0.25) is 0 Å². The zero-order valence-electron chi connectivity index (χ0n) is 13.3. The monoisotopic (exact) mass is 321 g/mol. The van der Waals surface area contributed by atoms with Crippen molar-refractivity contribution in [3.8, 4) is 29.9 Å². The summed E-state index contributed by atoms with van der Waals surface area (Å²) in [6, 6.07) is 13.4.